The number of carbonyl (C=O) groups excluding carboxylic acids is 1. The molecule has 13 heavy (non-hydrogen) atoms. The van der Waals surface area contributed by atoms with Crippen LogP contribution < -0.4 is 0 Å². The molecule has 2 rings (SSSR count). The van der Waals surface area contributed by atoms with Crippen LogP contribution in [-0.4, -0.2) is 23.9 Å². The van der Waals surface area contributed by atoms with Crippen LogP contribution in [0.1, 0.15) is 15.9 Å². The molecule has 1 amide bonds. The first-order chi connectivity index (χ1) is 6.20. The van der Waals surface area contributed by atoms with Crippen molar-refractivity contribution in [2.75, 3.05) is 13.1 Å². The maximum atomic E-state index is 11.7. The summed E-state index contributed by atoms with van der Waals surface area (Å²) in [5.41, 5.74) is 1.95. The number of halogens is 1. The van der Waals surface area contributed by atoms with Crippen molar-refractivity contribution in [2.45, 2.75) is 6.92 Å². The fourth-order valence-corrected chi connectivity index (χ4v) is 1.76. The van der Waals surface area contributed by atoms with Gasteiger partial charge in [-0.15, -0.1) is 0 Å². The molecule has 0 saturated carbocycles. The van der Waals surface area contributed by atoms with E-state index in [0.717, 1.165) is 27.8 Å². The van der Waals surface area contributed by atoms with E-state index in [0.29, 0.717) is 0 Å². The van der Waals surface area contributed by atoms with E-state index in [1.807, 2.05) is 30.0 Å². The molecule has 1 aromatic carbocycles. The van der Waals surface area contributed by atoms with Crippen LogP contribution in [0.3, 0.4) is 0 Å². The monoisotopic (exact) mass is 287 g/mol. The molecule has 1 heterocycles. The quantitative estimate of drug-likeness (QED) is 0.572. The number of benzene rings is 1. The normalized spacial score (nSPS) is 14.5. The summed E-state index contributed by atoms with van der Waals surface area (Å²) in [5, 5.41) is 0. The molecule has 0 radical (unpaired) electrons. The average molecular weight is 287 g/mol. The second kappa shape index (κ2) is 3.29. The highest BCUT2D eigenvalue weighted by molar-refractivity contribution is 14.1. The van der Waals surface area contributed by atoms with Crippen LogP contribution in [0.2, 0.25) is 0 Å². The first kappa shape index (κ1) is 8.99. The van der Waals surface area contributed by atoms with Gasteiger partial charge < -0.3 is 4.90 Å². The molecule has 0 N–H and O–H groups in total. The largest absolute Gasteiger partial charge is 0.335 e. The Morgan fingerprint density at radius 3 is 2.77 bits per heavy atom. The Morgan fingerprint density at radius 2 is 2.15 bits per heavy atom. The van der Waals surface area contributed by atoms with Gasteiger partial charge in [-0.1, -0.05) is 6.07 Å². The molecule has 0 atom stereocenters. The molecule has 3 heteroatoms. The fourth-order valence-electron chi connectivity index (χ4n) is 1.26. The minimum atomic E-state index is 0.177. The Morgan fingerprint density at radius 1 is 1.46 bits per heavy atom. The van der Waals surface area contributed by atoms with Crippen LogP contribution in [0.4, 0.5) is 0 Å². The molecule has 0 aromatic heterocycles. The number of hydrogen-bond donors (Lipinski definition) is 0. The SMILES string of the molecule is Cc1c(I)cccc1C(=O)N1CC1. The Hall–Kier alpha value is -0.580. The number of carbonyl (C=O) groups is 1. The van der Waals surface area contributed by atoms with Gasteiger partial charge in [0.05, 0.1) is 0 Å². The predicted octanol–water partition coefficient (Wildman–Crippen LogP) is 2.06. The van der Waals surface area contributed by atoms with Crippen molar-refractivity contribution in [1.29, 1.82) is 0 Å². The number of amides is 1. The summed E-state index contributed by atoms with van der Waals surface area (Å²) >= 11 is 2.26. The van der Waals surface area contributed by atoms with Gasteiger partial charge in [-0.25, -0.2) is 0 Å². The number of nitrogens with zero attached hydrogens (tertiary/aromatic N) is 1. The molecule has 1 saturated heterocycles. The number of rotatable bonds is 1. The summed E-state index contributed by atoms with van der Waals surface area (Å²) < 4.78 is 1.16. The summed E-state index contributed by atoms with van der Waals surface area (Å²) in [7, 11) is 0. The third-order valence-electron chi connectivity index (χ3n) is 2.23. The maximum absolute atomic E-state index is 11.7. The van der Waals surface area contributed by atoms with Crippen LogP contribution in [0.15, 0.2) is 18.2 Å². The van der Waals surface area contributed by atoms with Crippen LogP contribution in [-0.2, 0) is 0 Å². The van der Waals surface area contributed by atoms with Crippen LogP contribution in [0, 0.1) is 10.5 Å². The van der Waals surface area contributed by atoms with Crippen molar-refractivity contribution in [2.24, 2.45) is 0 Å². The van der Waals surface area contributed by atoms with E-state index in [4.69, 9.17) is 0 Å². The molecule has 1 aliphatic rings. The molecule has 68 valence electrons. The zero-order valence-electron chi connectivity index (χ0n) is 7.38. The molecule has 1 aliphatic heterocycles. The van der Waals surface area contributed by atoms with E-state index >= 15 is 0 Å². The van der Waals surface area contributed by atoms with Crippen molar-refractivity contribution in [3.05, 3.63) is 32.9 Å². The van der Waals surface area contributed by atoms with E-state index in [1.165, 1.54) is 0 Å². The van der Waals surface area contributed by atoms with Crippen molar-refractivity contribution in [3.8, 4) is 0 Å². The molecular formula is C10H10INO. The van der Waals surface area contributed by atoms with Gasteiger partial charge in [0.25, 0.3) is 5.91 Å². The molecule has 1 fully saturated rings. The third kappa shape index (κ3) is 1.70. The number of hydrogen-bond acceptors (Lipinski definition) is 1. The Labute approximate surface area is 91.1 Å². The van der Waals surface area contributed by atoms with Crippen LogP contribution in [0.5, 0.6) is 0 Å². The van der Waals surface area contributed by atoms with E-state index in [9.17, 15) is 4.79 Å². The lowest BCUT2D eigenvalue weighted by Gasteiger charge is -2.06. The highest BCUT2D eigenvalue weighted by atomic mass is 127. The Bertz CT molecular complexity index is 358. The summed E-state index contributed by atoms with van der Waals surface area (Å²) in [6.07, 6.45) is 0. The highest BCUT2D eigenvalue weighted by Gasteiger charge is 2.26. The van der Waals surface area contributed by atoms with E-state index < -0.39 is 0 Å². The highest BCUT2D eigenvalue weighted by Crippen LogP contribution is 2.19. The zero-order chi connectivity index (χ0) is 9.42. The third-order valence-corrected chi connectivity index (χ3v) is 3.40. The van der Waals surface area contributed by atoms with Gasteiger partial charge in [-0.3, -0.25) is 4.79 Å². The molecule has 2 nitrogen and oxygen atoms in total. The summed E-state index contributed by atoms with van der Waals surface area (Å²) in [6.45, 7) is 3.84. The fraction of sp³-hybridized carbons (Fsp3) is 0.300. The average Bonchev–Trinajstić information content (AvgIpc) is 2.91. The first-order valence-electron chi connectivity index (χ1n) is 4.24. The van der Waals surface area contributed by atoms with E-state index in [-0.39, 0.29) is 5.91 Å². The molecule has 1 aromatic rings. The maximum Gasteiger partial charge on any atom is 0.254 e. The summed E-state index contributed by atoms with van der Waals surface area (Å²) in [5.74, 6) is 0.177. The lowest BCUT2D eigenvalue weighted by molar-refractivity contribution is 0.0885. The first-order valence-corrected chi connectivity index (χ1v) is 5.32. The smallest absolute Gasteiger partial charge is 0.254 e. The van der Waals surface area contributed by atoms with Crippen LogP contribution in [0.25, 0.3) is 0 Å². The van der Waals surface area contributed by atoms with Crippen molar-refractivity contribution in [1.82, 2.24) is 4.90 Å². The van der Waals surface area contributed by atoms with Gasteiger partial charge in [0.15, 0.2) is 0 Å². The molecule has 0 bridgehead atoms. The van der Waals surface area contributed by atoms with Crippen molar-refractivity contribution < 1.29 is 4.79 Å². The minimum absolute atomic E-state index is 0.177. The minimum Gasteiger partial charge on any atom is -0.335 e. The van der Waals surface area contributed by atoms with Gasteiger partial charge in [0.1, 0.15) is 0 Å². The van der Waals surface area contributed by atoms with E-state index in [2.05, 4.69) is 22.6 Å². The van der Waals surface area contributed by atoms with Gasteiger partial charge in [-0.2, -0.15) is 0 Å². The van der Waals surface area contributed by atoms with Gasteiger partial charge in [-0.05, 0) is 47.2 Å². The lowest BCUT2D eigenvalue weighted by atomic mass is 10.1. The van der Waals surface area contributed by atoms with Gasteiger partial charge >= 0.3 is 0 Å². The van der Waals surface area contributed by atoms with Gasteiger partial charge in [0.2, 0.25) is 0 Å². The Balaban J connectivity index is 2.38. The predicted molar refractivity (Wildman–Crippen MR) is 59.8 cm³/mol. The van der Waals surface area contributed by atoms with Gasteiger partial charge in [0, 0.05) is 22.2 Å². The van der Waals surface area contributed by atoms with Crippen LogP contribution >= 0.6 is 22.6 Å². The molecule has 0 unspecified atom stereocenters. The standard InChI is InChI=1S/C10H10INO/c1-7-8(3-2-4-9(7)11)10(13)12-5-6-12/h2-4H,5-6H2,1H3. The van der Waals surface area contributed by atoms with Crippen molar-refractivity contribution >= 4 is 28.5 Å². The second-order valence-corrected chi connectivity index (χ2v) is 4.37. The van der Waals surface area contributed by atoms with Crippen molar-refractivity contribution in [3.63, 3.8) is 0 Å². The molecule has 0 aliphatic carbocycles. The summed E-state index contributed by atoms with van der Waals surface area (Å²) in [6, 6.07) is 5.86. The zero-order valence-corrected chi connectivity index (χ0v) is 9.54. The second-order valence-electron chi connectivity index (χ2n) is 3.20. The lowest BCUT2D eigenvalue weighted by Crippen LogP contribution is -2.12. The molecule has 0 spiro atoms. The summed E-state index contributed by atoms with van der Waals surface area (Å²) in [4.78, 5) is 13.5. The van der Waals surface area contributed by atoms with E-state index in [1.54, 1.807) is 0 Å². The topological polar surface area (TPSA) is 20.1 Å². The molecular weight excluding hydrogens is 277 g/mol. The Kier molecular flexibility index (Phi) is 2.27.